The summed E-state index contributed by atoms with van der Waals surface area (Å²) < 4.78 is 9.08. The van der Waals surface area contributed by atoms with E-state index in [9.17, 15) is 0 Å². The topological polar surface area (TPSA) is 43.9 Å². The third-order valence-electron chi connectivity index (χ3n) is 8.65. The van der Waals surface area contributed by atoms with Crippen LogP contribution < -0.4 is 0 Å². The van der Waals surface area contributed by atoms with Gasteiger partial charge >= 0.3 is 0 Å². The van der Waals surface area contributed by atoms with E-state index in [1.165, 1.54) is 5.70 Å². The van der Waals surface area contributed by atoms with Gasteiger partial charge in [0.25, 0.3) is 0 Å². The minimum absolute atomic E-state index is 0.685. The number of fused-ring (bicyclic) bond motifs is 7. The van der Waals surface area contributed by atoms with Crippen LogP contribution in [0, 0.1) is 0 Å². The highest BCUT2D eigenvalue weighted by Gasteiger charge is 2.25. The van der Waals surface area contributed by atoms with E-state index in [4.69, 9.17) is 14.4 Å². The Balaban J connectivity index is 1.46. The number of para-hydroxylation sites is 2. The highest BCUT2D eigenvalue weighted by molar-refractivity contribution is 6.26. The third kappa shape index (κ3) is 4.15. The summed E-state index contributed by atoms with van der Waals surface area (Å²) >= 11 is 0. The van der Waals surface area contributed by atoms with Gasteiger partial charge in [-0.15, -0.1) is 0 Å². The molecular formula is C41H27N3O. The quantitative estimate of drug-likeness (QED) is 0.209. The molecule has 212 valence electrons. The van der Waals surface area contributed by atoms with Gasteiger partial charge in [0, 0.05) is 50.4 Å². The molecule has 0 atom stereocenters. The van der Waals surface area contributed by atoms with Crippen molar-refractivity contribution < 1.29 is 4.42 Å². The number of hydrogen-bond donors (Lipinski definition) is 0. The van der Waals surface area contributed by atoms with Crippen molar-refractivity contribution in [1.29, 1.82) is 0 Å². The van der Waals surface area contributed by atoms with Crippen LogP contribution in [0.15, 0.2) is 156 Å². The molecule has 0 bridgehead atoms. The normalized spacial score (nSPS) is 13.2. The molecule has 0 N–H and O–H groups in total. The van der Waals surface area contributed by atoms with E-state index in [2.05, 4.69) is 132 Å². The summed E-state index contributed by atoms with van der Waals surface area (Å²) in [6, 6.07) is 41.9. The van der Waals surface area contributed by atoms with Crippen molar-refractivity contribution >= 4 is 49.4 Å². The second-order valence-electron chi connectivity index (χ2n) is 11.3. The van der Waals surface area contributed by atoms with Crippen LogP contribution in [0.3, 0.4) is 0 Å². The van der Waals surface area contributed by atoms with Crippen molar-refractivity contribution in [3.05, 3.63) is 152 Å². The Morgan fingerprint density at radius 3 is 2.02 bits per heavy atom. The summed E-state index contributed by atoms with van der Waals surface area (Å²) in [5, 5.41) is 4.34. The predicted octanol–water partition coefficient (Wildman–Crippen LogP) is 10.8. The Hall–Kier alpha value is -6.00. The van der Waals surface area contributed by atoms with Gasteiger partial charge in [-0.05, 0) is 30.3 Å². The molecule has 0 spiro atoms. The molecule has 0 fully saturated rings. The van der Waals surface area contributed by atoms with Crippen LogP contribution in [-0.4, -0.2) is 14.5 Å². The van der Waals surface area contributed by atoms with Gasteiger partial charge in [-0.3, -0.25) is 0 Å². The van der Waals surface area contributed by atoms with E-state index in [1.807, 2.05) is 24.3 Å². The maximum absolute atomic E-state index is 6.71. The van der Waals surface area contributed by atoms with Gasteiger partial charge in [-0.1, -0.05) is 121 Å². The smallest absolute Gasteiger partial charge is 0.161 e. The van der Waals surface area contributed by atoms with Crippen molar-refractivity contribution in [1.82, 2.24) is 14.5 Å². The van der Waals surface area contributed by atoms with E-state index >= 15 is 0 Å². The zero-order chi connectivity index (χ0) is 29.7. The lowest BCUT2D eigenvalue weighted by molar-refractivity contribution is 0.671. The van der Waals surface area contributed by atoms with Gasteiger partial charge in [0.2, 0.25) is 0 Å². The molecule has 5 aromatic carbocycles. The number of furan rings is 1. The molecule has 0 radical (unpaired) electrons. The maximum Gasteiger partial charge on any atom is 0.161 e. The first-order valence-electron chi connectivity index (χ1n) is 15.2. The molecule has 1 aliphatic carbocycles. The lowest BCUT2D eigenvalue weighted by atomic mass is 10.0. The van der Waals surface area contributed by atoms with E-state index in [1.54, 1.807) is 0 Å². The Bertz CT molecular complexity index is 2440. The molecule has 4 nitrogen and oxygen atoms in total. The van der Waals surface area contributed by atoms with Crippen molar-refractivity contribution in [2.24, 2.45) is 0 Å². The lowest BCUT2D eigenvalue weighted by Crippen LogP contribution is -1.98. The molecule has 1 aliphatic rings. The summed E-state index contributed by atoms with van der Waals surface area (Å²) in [6.07, 6.45) is 11.5. The second kappa shape index (κ2) is 10.3. The Morgan fingerprint density at radius 1 is 0.600 bits per heavy atom. The first kappa shape index (κ1) is 25.5. The molecule has 3 heterocycles. The van der Waals surface area contributed by atoms with Crippen LogP contribution in [0.5, 0.6) is 0 Å². The average Bonchev–Trinajstić information content (AvgIpc) is 3.52. The lowest BCUT2D eigenvalue weighted by Gasteiger charge is -2.13. The van der Waals surface area contributed by atoms with Crippen molar-refractivity contribution in [3.8, 4) is 33.9 Å². The Morgan fingerprint density at radius 2 is 1.27 bits per heavy atom. The van der Waals surface area contributed by atoms with Crippen molar-refractivity contribution in [3.63, 3.8) is 0 Å². The minimum atomic E-state index is 0.685. The summed E-state index contributed by atoms with van der Waals surface area (Å²) in [6.45, 7) is 0. The van der Waals surface area contributed by atoms with Gasteiger partial charge in [-0.2, -0.15) is 0 Å². The summed E-state index contributed by atoms with van der Waals surface area (Å²) in [7, 11) is 0. The van der Waals surface area contributed by atoms with Gasteiger partial charge in [0.05, 0.1) is 22.4 Å². The van der Waals surface area contributed by atoms with Gasteiger partial charge < -0.3 is 8.98 Å². The average molecular weight is 578 g/mol. The standard InChI is InChI=1S/C41H27N3O/c1-2-10-20-29(19-9-1)44-36-23-13-11-22-31(36)38-33(25-32-30-21-12-14-24-37(30)45-40(32)39(38)44)41-42-34(27-15-5-3-6-16-27)26-35(43-41)28-17-7-4-8-18-28/h1-19,21-26H,20H2. The monoisotopic (exact) mass is 577 g/mol. The van der Waals surface area contributed by atoms with E-state index in [0.717, 1.165) is 78.2 Å². The fourth-order valence-electron chi connectivity index (χ4n) is 6.62. The number of nitrogens with zero attached hydrogens (tertiary/aromatic N) is 3. The van der Waals surface area contributed by atoms with Crippen molar-refractivity contribution in [2.75, 3.05) is 0 Å². The molecule has 0 aliphatic heterocycles. The fourth-order valence-corrected chi connectivity index (χ4v) is 6.62. The molecule has 0 saturated heterocycles. The van der Waals surface area contributed by atoms with Gasteiger partial charge in [0.15, 0.2) is 11.4 Å². The number of hydrogen-bond acceptors (Lipinski definition) is 3. The number of benzene rings is 5. The maximum atomic E-state index is 6.71. The SMILES string of the molecule is C1=CC=C(n2c3ccccc3c3c(-c4nc(-c5ccccc5)cc(-c5ccccc5)n4)cc4c5ccccc5oc4c32)CC=C1. The first-order valence-corrected chi connectivity index (χ1v) is 15.2. The molecule has 3 aromatic heterocycles. The minimum Gasteiger partial charge on any atom is -0.454 e. The highest BCUT2D eigenvalue weighted by Crippen LogP contribution is 2.45. The van der Waals surface area contributed by atoms with Crippen LogP contribution in [0.1, 0.15) is 6.42 Å². The second-order valence-corrected chi connectivity index (χ2v) is 11.3. The van der Waals surface area contributed by atoms with Crippen LogP contribution in [0.25, 0.3) is 83.3 Å². The third-order valence-corrected chi connectivity index (χ3v) is 8.65. The molecule has 0 saturated carbocycles. The number of allylic oxidation sites excluding steroid dienone is 6. The molecule has 45 heavy (non-hydrogen) atoms. The fraction of sp³-hybridized carbons (Fsp3) is 0.0244. The van der Waals surface area contributed by atoms with Crippen LogP contribution in [-0.2, 0) is 0 Å². The van der Waals surface area contributed by atoms with Crippen LogP contribution in [0.4, 0.5) is 0 Å². The predicted molar refractivity (Wildman–Crippen MR) is 186 cm³/mol. The molecule has 8 aromatic rings. The molecule has 9 rings (SSSR count). The van der Waals surface area contributed by atoms with Gasteiger partial charge in [-0.25, -0.2) is 9.97 Å². The van der Waals surface area contributed by atoms with Crippen LogP contribution >= 0.6 is 0 Å². The number of rotatable bonds is 4. The zero-order valence-corrected chi connectivity index (χ0v) is 24.4. The summed E-state index contributed by atoms with van der Waals surface area (Å²) in [5.41, 5.74) is 9.91. The molecule has 4 heteroatoms. The Kier molecular flexibility index (Phi) is 5.85. The van der Waals surface area contributed by atoms with E-state index < -0.39 is 0 Å². The Labute approximate surface area is 259 Å². The van der Waals surface area contributed by atoms with Gasteiger partial charge in [0.1, 0.15) is 5.58 Å². The summed E-state index contributed by atoms with van der Waals surface area (Å²) in [5.74, 6) is 0.685. The number of aromatic nitrogens is 3. The first-order chi connectivity index (χ1) is 22.3. The largest absolute Gasteiger partial charge is 0.454 e. The molecule has 0 amide bonds. The zero-order valence-electron chi connectivity index (χ0n) is 24.4. The van der Waals surface area contributed by atoms with E-state index in [-0.39, 0.29) is 0 Å². The van der Waals surface area contributed by atoms with E-state index in [0.29, 0.717) is 5.82 Å². The van der Waals surface area contributed by atoms with Crippen molar-refractivity contribution in [2.45, 2.75) is 6.42 Å². The van der Waals surface area contributed by atoms with Crippen LogP contribution in [0.2, 0.25) is 0 Å². The molecular weight excluding hydrogens is 550 g/mol. The summed E-state index contributed by atoms with van der Waals surface area (Å²) in [4.78, 5) is 10.6. The molecule has 0 unspecified atom stereocenters. The highest BCUT2D eigenvalue weighted by atomic mass is 16.3.